The zero-order chi connectivity index (χ0) is 8.97. The Morgan fingerprint density at radius 3 is 2.83 bits per heavy atom. The predicted octanol–water partition coefficient (Wildman–Crippen LogP) is 1.14. The van der Waals surface area contributed by atoms with Gasteiger partial charge in [-0.15, -0.1) is 6.58 Å². The van der Waals surface area contributed by atoms with Crippen LogP contribution in [0, 0.1) is 11.3 Å². The summed E-state index contributed by atoms with van der Waals surface area (Å²) in [4.78, 5) is 4.00. The Kier molecular flexibility index (Phi) is 2.57. The Bertz CT molecular complexity index is 308. The molecule has 1 aromatic rings. The Morgan fingerprint density at radius 2 is 2.42 bits per heavy atom. The topological polar surface area (TPSA) is 62.7 Å². The van der Waals surface area contributed by atoms with E-state index in [1.807, 2.05) is 6.07 Å². The zero-order valence-corrected chi connectivity index (χ0v) is 6.57. The van der Waals surface area contributed by atoms with Gasteiger partial charge >= 0.3 is 0 Å². The largest absolute Gasteiger partial charge is 0.319 e. The van der Waals surface area contributed by atoms with Crippen LogP contribution in [0.5, 0.6) is 0 Å². The number of nitrogens with zero attached hydrogens (tertiary/aromatic N) is 2. The quantitative estimate of drug-likeness (QED) is 0.658. The lowest BCUT2D eigenvalue weighted by molar-refractivity contribution is 0.863. The Balaban J connectivity index is 2.93. The van der Waals surface area contributed by atoms with Crippen molar-refractivity contribution in [2.75, 3.05) is 0 Å². The van der Waals surface area contributed by atoms with Gasteiger partial charge in [0.2, 0.25) is 0 Å². The summed E-state index contributed by atoms with van der Waals surface area (Å²) in [5, 5.41) is 8.48. The van der Waals surface area contributed by atoms with Gasteiger partial charge in [0.15, 0.2) is 0 Å². The van der Waals surface area contributed by atoms with Crippen molar-refractivity contribution in [1.82, 2.24) is 4.98 Å². The molecule has 3 heteroatoms. The summed E-state index contributed by atoms with van der Waals surface area (Å²) in [7, 11) is 0. The van der Waals surface area contributed by atoms with E-state index in [0.29, 0.717) is 5.56 Å². The van der Waals surface area contributed by atoms with Crippen LogP contribution in [0.2, 0.25) is 0 Å². The lowest BCUT2D eigenvalue weighted by atomic mass is 10.2. The van der Waals surface area contributed by atoms with Crippen LogP contribution in [-0.4, -0.2) is 4.98 Å². The van der Waals surface area contributed by atoms with Crippen LogP contribution in [-0.2, 0) is 0 Å². The molecule has 0 saturated carbocycles. The lowest BCUT2D eigenvalue weighted by Gasteiger charge is -2.03. The SMILES string of the molecule is C=CC(N)c1ccc(C#N)cn1. The van der Waals surface area contributed by atoms with E-state index in [0.717, 1.165) is 5.69 Å². The highest BCUT2D eigenvalue weighted by Gasteiger charge is 2.01. The van der Waals surface area contributed by atoms with Crippen molar-refractivity contribution in [2.45, 2.75) is 6.04 Å². The number of pyridine rings is 1. The molecule has 60 valence electrons. The maximum Gasteiger partial charge on any atom is 0.101 e. The average molecular weight is 159 g/mol. The van der Waals surface area contributed by atoms with E-state index < -0.39 is 0 Å². The molecule has 0 aliphatic carbocycles. The van der Waals surface area contributed by atoms with Gasteiger partial charge in [-0.3, -0.25) is 4.98 Å². The highest BCUT2D eigenvalue weighted by atomic mass is 14.8. The van der Waals surface area contributed by atoms with Crippen LogP contribution in [0.4, 0.5) is 0 Å². The molecule has 12 heavy (non-hydrogen) atoms. The summed E-state index contributed by atoms with van der Waals surface area (Å²) in [6.07, 6.45) is 3.10. The first kappa shape index (κ1) is 8.44. The van der Waals surface area contributed by atoms with Gasteiger partial charge in [-0.05, 0) is 12.1 Å². The number of rotatable bonds is 2. The molecule has 1 unspecified atom stereocenters. The van der Waals surface area contributed by atoms with Gasteiger partial charge in [-0.25, -0.2) is 0 Å². The van der Waals surface area contributed by atoms with E-state index in [1.54, 1.807) is 18.2 Å². The molecule has 1 aromatic heterocycles. The van der Waals surface area contributed by atoms with Crippen LogP contribution >= 0.6 is 0 Å². The Morgan fingerprint density at radius 1 is 1.67 bits per heavy atom. The average Bonchev–Trinajstić information content (AvgIpc) is 2.17. The van der Waals surface area contributed by atoms with E-state index >= 15 is 0 Å². The van der Waals surface area contributed by atoms with E-state index in [1.165, 1.54) is 6.20 Å². The van der Waals surface area contributed by atoms with Gasteiger partial charge in [0.25, 0.3) is 0 Å². The normalized spacial score (nSPS) is 11.7. The molecular formula is C9H9N3. The summed E-state index contributed by atoms with van der Waals surface area (Å²) >= 11 is 0. The molecule has 0 aromatic carbocycles. The van der Waals surface area contributed by atoms with Crippen molar-refractivity contribution < 1.29 is 0 Å². The first-order chi connectivity index (χ1) is 5.77. The summed E-state index contributed by atoms with van der Waals surface area (Å²) in [6.45, 7) is 3.55. The third-order valence-electron chi connectivity index (χ3n) is 1.51. The second-order valence-electron chi connectivity index (χ2n) is 2.35. The number of aromatic nitrogens is 1. The van der Waals surface area contributed by atoms with Gasteiger partial charge < -0.3 is 5.73 Å². The highest BCUT2D eigenvalue weighted by Crippen LogP contribution is 2.07. The summed E-state index contributed by atoms with van der Waals surface area (Å²) in [6, 6.07) is 5.14. The van der Waals surface area contributed by atoms with E-state index in [2.05, 4.69) is 11.6 Å². The molecule has 0 aliphatic rings. The fraction of sp³-hybridized carbons (Fsp3) is 0.111. The molecular weight excluding hydrogens is 150 g/mol. The fourth-order valence-electron chi connectivity index (χ4n) is 0.789. The van der Waals surface area contributed by atoms with Crippen LogP contribution in [0.15, 0.2) is 31.0 Å². The summed E-state index contributed by atoms with van der Waals surface area (Å²) in [5.41, 5.74) is 6.89. The zero-order valence-electron chi connectivity index (χ0n) is 6.57. The van der Waals surface area contributed by atoms with Crippen molar-refractivity contribution in [3.63, 3.8) is 0 Å². The van der Waals surface area contributed by atoms with Crippen molar-refractivity contribution in [3.05, 3.63) is 42.2 Å². The van der Waals surface area contributed by atoms with Crippen molar-refractivity contribution in [2.24, 2.45) is 5.73 Å². The van der Waals surface area contributed by atoms with Gasteiger partial charge in [-0.2, -0.15) is 5.26 Å². The molecule has 0 aliphatic heterocycles. The third kappa shape index (κ3) is 1.68. The van der Waals surface area contributed by atoms with Crippen molar-refractivity contribution >= 4 is 0 Å². The van der Waals surface area contributed by atoms with Crippen LogP contribution in [0.1, 0.15) is 17.3 Å². The minimum atomic E-state index is -0.252. The van der Waals surface area contributed by atoms with Crippen LogP contribution in [0.25, 0.3) is 0 Å². The van der Waals surface area contributed by atoms with Gasteiger partial charge in [-0.1, -0.05) is 6.08 Å². The molecule has 0 fully saturated rings. The van der Waals surface area contributed by atoms with Gasteiger partial charge in [0.1, 0.15) is 6.07 Å². The molecule has 0 bridgehead atoms. The number of nitrogens with two attached hydrogens (primary N) is 1. The smallest absolute Gasteiger partial charge is 0.101 e. The second-order valence-corrected chi connectivity index (χ2v) is 2.35. The lowest BCUT2D eigenvalue weighted by Crippen LogP contribution is -2.08. The van der Waals surface area contributed by atoms with Crippen LogP contribution in [0.3, 0.4) is 0 Å². The molecule has 1 atom stereocenters. The second kappa shape index (κ2) is 3.65. The predicted molar refractivity (Wildman–Crippen MR) is 46.1 cm³/mol. The van der Waals surface area contributed by atoms with Gasteiger partial charge in [0.05, 0.1) is 17.3 Å². The first-order valence-corrected chi connectivity index (χ1v) is 3.52. The fourth-order valence-corrected chi connectivity index (χ4v) is 0.789. The van der Waals surface area contributed by atoms with Crippen molar-refractivity contribution in [1.29, 1.82) is 5.26 Å². The Labute approximate surface area is 71.2 Å². The molecule has 1 heterocycles. The number of nitriles is 1. The highest BCUT2D eigenvalue weighted by molar-refractivity contribution is 5.27. The standard InChI is InChI=1S/C9H9N3/c1-2-8(11)9-4-3-7(5-10)6-12-9/h2-4,6,8H,1,11H2. The molecule has 0 radical (unpaired) electrons. The molecule has 0 spiro atoms. The van der Waals surface area contributed by atoms with Crippen LogP contribution < -0.4 is 5.73 Å². The number of hydrogen-bond donors (Lipinski definition) is 1. The molecule has 0 amide bonds. The Hall–Kier alpha value is -1.66. The molecule has 1 rings (SSSR count). The summed E-state index contributed by atoms with van der Waals surface area (Å²) in [5.74, 6) is 0. The minimum Gasteiger partial charge on any atom is -0.319 e. The molecule has 2 N–H and O–H groups in total. The van der Waals surface area contributed by atoms with E-state index in [9.17, 15) is 0 Å². The maximum absolute atomic E-state index is 8.48. The molecule has 3 nitrogen and oxygen atoms in total. The van der Waals surface area contributed by atoms with E-state index in [-0.39, 0.29) is 6.04 Å². The monoisotopic (exact) mass is 159 g/mol. The van der Waals surface area contributed by atoms with Crippen molar-refractivity contribution in [3.8, 4) is 6.07 Å². The summed E-state index contributed by atoms with van der Waals surface area (Å²) < 4.78 is 0. The molecule has 0 saturated heterocycles. The maximum atomic E-state index is 8.48. The van der Waals surface area contributed by atoms with E-state index in [4.69, 9.17) is 11.0 Å². The first-order valence-electron chi connectivity index (χ1n) is 3.52. The third-order valence-corrected chi connectivity index (χ3v) is 1.51. The number of hydrogen-bond acceptors (Lipinski definition) is 3. The minimum absolute atomic E-state index is 0.252. The van der Waals surface area contributed by atoms with Gasteiger partial charge in [0, 0.05) is 6.20 Å².